The Kier molecular flexibility index (Phi) is 4.45. The minimum absolute atomic E-state index is 0.0660. The molecule has 1 aromatic carbocycles. The molecule has 0 bridgehead atoms. The molecule has 0 aliphatic heterocycles. The number of benzene rings is 1. The molecule has 0 aromatic heterocycles. The summed E-state index contributed by atoms with van der Waals surface area (Å²) in [7, 11) is 0. The van der Waals surface area contributed by atoms with E-state index in [1.807, 2.05) is 0 Å². The molecule has 0 amide bonds. The van der Waals surface area contributed by atoms with E-state index in [9.17, 15) is 0 Å². The van der Waals surface area contributed by atoms with Crippen molar-refractivity contribution in [2.24, 2.45) is 11.7 Å². The van der Waals surface area contributed by atoms with Crippen LogP contribution >= 0.6 is 0 Å². The van der Waals surface area contributed by atoms with Gasteiger partial charge in [-0.2, -0.15) is 0 Å². The first-order chi connectivity index (χ1) is 8.60. The molecule has 0 atom stereocenters. The lowest BCUT2D eigenvalue weighted by atomic mass is 9.83. The van der Waals surface area contributed by atoms with E-state index >= 15 is 0 Å². The molecule has 1 aromatic rings. The van der Waals surface area contributed by atoms with Gasteiger partial charge < -0.3 is 5.73 Å². The summed E-state index contributed by atoms with van der Waals surface area (Å²) in [5.74, 6) is 0.711. The molecule has 2 rings (SSSR count). The lowest BCUT2D eigenvalue weighted by molar-refractivity contribution is 0.385. The predicted octanol–water partition coefficient (Wildman–Crippen LogP) is 4.39. The first-order valence-corrected chi connectivity index (χ1v) is 7.48. The van der Waals surface area contributed by atoms with E-state index in [2.05, 4.69) is 38.1 Å². The molecule has 100 valence electrons. The van der Waals surface area contributed by atoms with E-state index in [4.69, 9.17) is 5.73 Å². The van der Waals surface area contributed by atoms with Crippen LogP contribution in [0.25, 0.3) is 0 Å². The number of nitrogens with two attached hydrogens (primary N) is 1. The van der Waals surface area contributed by atoms with Crippen molar-refractivity contribution in [3.8, 4) is 0 Å². The van der Waals surface area contributed by atoms with Crippen LogP contribution in [0.2, 0.25) is 0 Å². The fourth-order valence-corrected chi connectivity index (χ4v) is 3.13. The van der Waals surface area contributed by atoms with Crippen molar-refractivity contribution < 1.29 is 0 Å². The zero-order chi connectivity index (χ0) is 13.0. The van der Waals surface area contributed by atoms with Crippen LogP contribution in [0.5, 0.6) is 0 Å². The van der Waals surface area contributed by atoms with Crippen LogP contribution in [0.3, 0.4) is 0 Å². The minimum atomic E-state index is -0.0660. The van der Waals surface area contributed by atoms with E-state index in [0.717, 1.165) is 19.3 Å². The van der Waals surface area contributed by atoms with Gasteiger partial charge in [-0.05, 0) is 36.3 Å². The molecule has 1 fully saturated rings. The van der Waals surface area contributed by atoms with E-state index in [1.165, 1.54) is 36.8 Å². The third kappa shape index (κ3) is 3.35. The predicted molar refractivity (Wildman–Crippen MR) is 78.6 cm³/mol. The average Bonchev–Trinajstić information content (AvgIpc) is 2.55. The van der Waals surface area contributed by atoms with Crippen molar-refractivity contribution in [3.63, 3.8) is 0 Å². The number of hydrogen-bond donors (Lipinski definition) is 1. The van der Waals surface area contributed by atoms with E-state index in [0.29, 0.717) is 5.92 Å². The van der Waals surface area contributed by atoms with Crippen LogP contribution < -0.4 is 5.73 Å². The van der Waals surface area contributed by atoms with Crippen LogP contribution in [-0.4, -0.2) is 0 Å². The highest BCUT2D eigenvalue weighted by Gasteiger charge is 2.28. The fourth-order valence-electron chi connectivity index (χ4n) is 3.13. The zero-order valence-corrected chi connectivity index (χ0v) is 11.9. The summed E-state index contributed by atoms with van der Waals surface area (Å²) in [5.41, 5.74) is 9.42. The van der Waals surface area contributed by atoms with Gasteiger partial charge in [0.25, 0.3) is 0 Å². The number of hydrogen-bond acceptors (Lipinski definition) is 1. The molecule has 0 heterocycles. The van der Waals surface area contributed by atoms with E-state index in [-0.39, 0.29) is 5.54 Å². The molecule has 1 saturated carbocycles. The lowest BCUT2D eigenvalue weighted by Crippen LogP contribution is -2.36. The van der Waals surface area contributed by atoms with Gasteiger partial charge in [-0.25, -0.2) is 0 Å². The first kappa shape index (κ1) is 13.6. The Bertz CT molecular complexity index is 373. The second-order valence-corrected chi connectivity index (χ2v) is 6.37. The summed E-state index contributed by atoms with van der Waals surface area (Å²) in [6.07, 6.45) is 8.73. The SMILES string of the molecule is CC(C)Cc1cccc(C2(N)CCCCCC2)c1. The molecule has 18 heavy (non-hydrogen) atoms. The van der Waals surface area contributed by atoms with Gasteiger partial charge >= 0.3 is 0 Å². The summed E-state index contributed by atoms with van der Waals surface area (Å²) >= 11 is 0. The quantitative estimate of drug-likeness (QED) is 0.785. The van der Waals surface area contributed by atoms with Crippen molar-refractivity contribution in [1.29, 1.82) is 0 Å². The highest BCUT2D eigenvalue weighted by atomic mass is 14.7. The number of rotatable bonds is 3. The molecule has 2 N–H and O–H groups in total. The Labute approximate surface area is 112 Å². The van der Waals surface area contributed by atoms with Crippen LogP contribution in [0.1, 0.15) is 63.5 Å². The second-order valence-electron chi connectivity index (χ2n) is 6.37. The van der Waals surface area contributed by atoms with Gasteiger partial charge in [0.15, 0.2) is 0 Å². The summed E-state index contributed by atoms with van der Waals surface area (Å²) in [6, 6.07) is 9.01. The third-order valence-corrected chi connectivity index (χ3v) is 4.14. The van der Waals surface area contributed by atoms with Crippen molar-refractivity contribution in [2.75, 3.05) is 0 Å². The first-order valence-electron chi connectivity index (χ1n) is 7.48. The average molecular weight is 245 g/mol. The maximum Gasteiger partial charge on any atom is 0.0409 e. The molecule has 1 nitrogen and oxygen atoms in total. The summed E-state index contributed by atoms with van der Waals surface area (Å²) < 4.78 is 0. The van der Waals surface area contributed by atoms with Gasteiger partial charge in [0.2, 0.25) is 0 Å². The van der Waals surface area contributed by atoms with Crippen LogP contribution in [-0.2, 0) is 12.0 Å². The highest BCUT2D eigenvalue weighted by molar-refractivity contribution is 5.30. The van der Waals surface area contributed by atoms with Gasteiger partial charge in [-0.1, -0.05) is 63.8 Å². The monoisotopic (exact) mass is 245 g/mol. The lowest BCUT2D eigenvalue weighted by Gasteiger charge is -2.29. The van der Waals surface area contributed by atoms with Gasteiger partial charge in [-0.3, -0.25) is 0 Å². The smallest absolute Gasteiger partial charge is 0.0409 e. The Morgan fingerprint density at radius 3 is 2.39 bits per heavy atom. The fraction of sp³-hybridized carbons (Fsp3) is 0.647. The normalized spacial score (nSPS) is 19.8. The molecule has 0 saturated heterocycles. The van der Waals surface area contributed by atoms with Gasteiger partial charge in [0.1, 0.15) is 0 Å². The Hall–Kier alpha value is -0.820. The van der Waals surface area contributed by atoms with Crippen molar-refractivity contribution in [2.45, 2.75) is 64.3 Å². The zero-order valence-electron chi connectivity index (χ0n) is 11.9. The molecule has 0 spiro atoms. The standard InChI is InChI=1S/C17H27N/c1-14(2)12-15-8-7-9-16(13-15)17(18)10-5-3-4-6-11-17/h7-9,13-14H,3-6,10-12,18H2,1-2H3. The minimum Gasteiger partial charge on any atom is -0.321 e. The van der Waals surface area contributed by atoms with Gasteiger partial charge in [0, 0.05) is 5.54 Å². The van der Waals surface area contributed by atoms with Crippen LogP contribution in [0, 0.1) is 5.92 Å². The maximum atomic E-state index is 6.68. The molecule has 1 heteroatoms. The topological polar surface area (TPSA) is 26.0 Å². The molecule has 1 aliphatic rings. The summed E-state index contributed by atoms with van der Waals surface area (Å²) in [5, 5.41) is 0. The van der Waals surface area contributed by atoms with E-state index < -0.39 is 0 Å². The van der Waals surface area contributed by atoms with Gasteiger partial charge in [0.05, 0.1) is 0 Å². The van der Waals surface area contributed by atoms with E-state index in [1.54, 1.807) is 0 Å². The summed E-state index contributed by atoms with van der Waals surface area (Å²) in [6.45, 7) is 4.55. The highest BCUT2D eigenvalue weighted by Crippen LogP contribution is 2.34. The van der Waals surface area contributed by atoms with Gasteiger partial charge in [-0.15, -0.1) is 0 Å². The third-order valence-electron chi connectivity index (χ3n) is 4.14. The van der Waals surface area contributed by atoms with Crippen LogP contribution in [0.4, 0.5) is 0 Å². The molecule has 1 aliphatic carbocycles. The Morgan fingerprint density at radius 1 is 1.11 bits per heavy atom. The Morgan fingerprint density at radius 2 is 1.78 bits per heavy atom. The van der Waals surface area contributed by atoms with Crippen molar-refractivity contribution in [3.05, 3.63) is 35.4 Å². The van der Waals surface area contributed by atoms with Crippen molar-refractivity contribution in [1.82, 2.24) is 0 Å². The van der Waals surface area contributed by atoms with Crippen LogP contribution in [0.15, 0.2) is 24.3 Å². The largest absolute Gasteiger partial charge is 0.321 e. The molecule has 0 unspecified atom stereocenters. The summed E-state index contributed by atoms with van der Waals surface area (Å²) in [4.78, 5) is 0. The molecular formula is C17H27N. The Balaban J connectivity index is 2.20. The van der Waals surface area contributed by atoms with Crippen molar-refractivity contribution >= 4 is 0 Å². The molecular weight excluding hydrogens is 218 g/mol. The maximum absolute atomic E-state index is 6.68. The molecule has 0 radical (unpaired) electrons. The second kappa shape index (κ2) is 5.88.